The topological polar surface area (TPSA) is 91.3 Å². The zero-order valence-electron chi connectivity index (χ0n) is 10.5. The van der Waals surface area contributed by atoms with Crippen LogP contribution in [0.5, 0.6) is 0 Å². The van der Waals surface area contributed by atoms with Gasteiger partial charge in [-0.1, -0.05) is 23.7 Å². The summed E-state index contributed by atoms with van der Waals surface area (Å²) in [4.78, 5) is 16.1. The van der Waals surface area contributed by atoms with Crippen LogP contribution in [0.25, 0.3) is 5.78 Å². The van der Waals surface area contributed by atoms with E-state index >= 15 is 0 Å². The molecule has 2 heterocycles. The summed E-state index contributed by atoms with van der Waals surface area (Å²) in [6, 6.07) is 7.36. The summed E-state index contributed by atoms with van der Waals surface area (Å²) in [7, 11) is 0. The molecule has 0 fully saturated rings. The van der Waals surface area contributed by atoms with E-state index in [-0.39, 0.29) is 17.1 Å². The summed E-state index contributed by atoms with van der Waals surface area (Å²) in [5.41, 5.74) is 12.3. The zero-order chi connectivity index (χ0) is 14.3. The fraction of sp³-hybridized carbons (Fsp3) is 0.0769. The maximum absolute atomic E-state index is 11.9. The third-order valence-corrected chi connectivity index (χ3v) is 3.38. The van der Waals surface area contributed by atoms with Crippen molar-refractivity contribution in [1.82, 2.24) is 14.0 Å². The molecule has 0 aliphatic rings. The number of nitrogens with zero attached hydrogens (tertiary/aromatic N) is 3. The molecule has 20 heavy (non-hydrogen) atoms. The second kappa shape index (κ2) is 4.57. The van der Waals surface area contributed by atoms with E-state index in [0.29, 0.717) is 17.3 Å². The Labute approximate surface area is 119 Å². The quantitative estimate of drug-likeness (QED) is 0.745. The van der Waals surface area contributed by atoms with Gasteiger partial charge in [0.05, 0.1) is 6.54 Å². The molecule has 0 spiro atoms. The van der Waals surface area contributed by atoms with Crippen LogP contribution in [0.3, 0.4) is 0 Å². The molecule has 0 saturated carbocycles. The molecule has 102 valence electrons. The molecule has 3 rings (SSSR count). The first-order valence-corrected chi connectivity index (χ1v) is 6.31. The van der Waals surface area contributed by atoms with Gasteiger partial charge >= 0.3 is 0 Å². The Kier molecular flexibility index (Phi) is 2.87. The van der Waals surface area contributed by atoms with Gasteiger partial charge in [0, 0.05) is 17.4 Å². The largest absolute Gasteiger partial charge is 0.391 e. The summed E-state index contributed by atoms with van der Waals surface area (Å²) >= 11 is 5.86. The first kappa shape index (κ1) is 12.6. The maximum Gasteiger partial charge on any atom is 0.284 e. The molecule has 0 radical (unpaired) electrons. The monoisotopic (exact) mass is 289 g/mol. The van der Waals surface area contributed by atoms with Gasteiger partial charge in [-0.05, 0) is 17.7 Å². The summed E-state index contributed by atoms with van der Waals surface area (Å²) in [6.45, 7) is 0.452. The maximum atomic E-state index is 11.9. The van der Waals surface area contributed by atoms with Crippen molar-refractivity contribution < 1.29 is 0 Å². The number of nitrogen functional groups attached to an aromatic ring is 2. The van der Waals surface area contributed by atoms with E-state index in [1.54, 1.807) is 22.9 Å². The smallest absolute Gasteiger partial charge is 0.284 e. The number of hydrogen-bond acceptors (Lipinski definition) is 4. The highest BCUT2D eigenvalue weighted by atomic mass is 35.5. The molecule has 0 atom stereocenters. The summed E-state index contributed by atoms with van der Waals surface area (Å²) < 4.78 is 3.07. The molecule has 0 bridgehead atoms. The third-order valence-electron chi connectivity index (χ3n) is 3.13. The van der Waals surface area contributed by atoms with Crippen LogP contribution in [0.2, 0.25) is 5.02 Å². The molecule has 2 aromatic heterocycles. The average molecular weight is 290 g/mol. The predicted molar refractivity (Wildman–Crippen MR) is 78.8 cm³/mol. The minimum Gasteiger partial charge on any atom is -0.391 e. The number of benzene rings is 1. The van der Waals surface area contributed by atoms with Gasteiger partial charge in [0.2, 0.25) is 5.78 Å². The Morgan fingerprint density at radius 2 is 1.90 bits per heavy atom. The number of hydrogen-bond donors (Lipinski definition) is 2. The van der Waals surface area contributed by atoms with Crippen LogP contribution in [0.4, 0.5) is 11.5 Å². The Morgan fingerprint density at radius 1 is 1.20 bits per heavy atom. The van der Waals surface area contributed by atoms with Crippen molar-refractivity contribution in [2.75, 3.05) is 11.5 Å². The lowest BCUT2D eigenvalue weighted by atomic mass is 10.2. The van der Waals surface area contributed by atoms with Crippen molar-refractivity contribution >= 4 is 28.9 Å². The molecule has 0 saturated heterocycles. The molecule has 0 amide bonds. The Morgan fingerprint density at radius 3 is 2.60 bits per heavy atom. The normalized spacial score (nSPS) is 11.1. The van der Waals surface area contributed by atoms with E-state index in [9.17, 15) is 4.79 Å². The molecule has 4 N–H and O–H groups in total. The first-order valence-electron chi connectivity index (χ1n) is 5.93. The second-order valence-corrected chi connectivity index (χ2v) is 4.85. The molecule has 0 aliphatic heterocycles. The van der Waals surface area contributed by atoms with E-state index in [0.717, 1.165) is 5.56 Å². The molecule has 1 aromatic carbocycles. The highest BCUT2D eigenvalue weighted by Gasteiger charge is 2.13. The fourth-order valence-electron chi connectivity index (χ4n) is 2.07. The first-order chi connectivity index (χ1) is 9.58. The van der Waals surface area contributed by atoms with E-state index in [2.05, 4.69) is 4.98 Å². The number of aromatic nitrogens is 3. The van der Waals surface area contributed by atoms with Crippen LogP contribution in [-0.4, -0.2) is 14.0 Å². The standard InChI is InChI=1S/C13H12ClN5O/c14-9-3-1-8(2-4-9)7-19-11(16)10(15)12(20)18-6-5-17-13(18)19/h1-6H,7,15-16H2. The van der Waals surface area contributed by atoms with Crippen LogP contribution < -0.4 is 17.0 Å². The van der Waals surface area contributed by atoms with Crippen LogP contribution in [0.1, 0.15) is 5.56 Å². The molecular weight excluding hydrogens is 278 g/mol. The Bertz CT molecular complexity index is 834. The molecule has 6 nitrogen and oxygen atoms in total. The van der Waals surface area contributed by atoms with Crippen molar-refractivity contribution in [2.24, 2.45) is 0 Å². The van der Waals surface area contributed by atoms with Gasteiger partial charge in [-0.15, -0.1) is 0 Å². The summed E-state index contributed by atoms with van der Waals surface area (Å²) in [5.74, 6) is 0.667. The van der Waals surface area contributed by atoms with E-state index in [1.165, 1.54) is 10.6 Å². The number of imidazole rings is 1. The fourth-order valence-corrected chi connectivity index (χ4v) is 2.20. The molecule has 0 unspecified atom stereocenters. The van der Waals surface area contributed by atoms with Gasteiger partial charge in [0.25, 0.3) is 5.56 Å². The van der Waals surface area contributed by atoms with Crippen molar-refractivity contribution in [3.8, 4) is 0 Å². The van der Waals surface area contributed by atoms with E-state index in [4.69, 9.17) is 23.1 Å². The van der Waals surface area contributed by atoms with Gasteiger partial charge < -0.3 is 11.5 Å². The van der Waals surface area contributed by atoms with Gasteiger partial charge in [0.1, 0.15) is 11.5 Å². The number of rotatable bonds is 2. The Hall–Kier alpha value is -2.47. The van der Waals surface area contributed by atoms with Gasteiger partial charge in [-0.3, -0.25) is 9.36 Å². The number of nitrogens with two attached hydrogens (primary N) is 2. The lowest BCUT2D eigenvalue weighted by molar-refractivity contribution is 0.793. The number of halogens is 1. The number of anilines is 2. The van der Waals surface area contributed by atoms with Gasteiger partial charge in [-0.2, -0.15) is 0 Å². The summed E-state index contributed by atoms with van der Waals surface area (Å²) in [6.07, 6.45) is 3.10. The van der Waals surface area contributed by atoms with E-state index < -0.39 is 0 Å². The van der Waals surface area contributed by atoms with Gasteiger partial charge in [-0.25, -0.2) is 9.38 Å². The zero-order valence-corrected chi connectivity index (χ0v) is 11.2. The molecule has 0 aliphatic carbocycles. The lowest BCUT2D eigenvalue weighted by Crippen LogP contribution is -2.24. The molecular formula is C13H12ClN5O. The van der Waals surface area contributed by atoms with Crippen molar-refractivity contribution in [2.45, 2.75) is 6.54 Å². The highest BCUT2D eigenvalue weighted by molar-refractivity contribution is 6.30. The van der Waals surface area contributed by atoms with E-state index in [1.807, 2.05) is 12.1 Å². The predicted octanol–water partition coefficient (Wildman–Crippen LogP) is 1.36. The van der Waals surface area contributed by atoms with Crippen molar-refractivity contribution in [3.63, 3.8) is 0 Å². The van der Waals surface area contributed by atoms with Crippen LogP contribution in [-0.2, 0) is 6.54 Å². The summed E-state index contributed by atoms with van der Waals surface area (Å²) in [5, 5.41) is 0.659. The van der Waals surface area contributed by atoms with Crippen molar-refractivity contribution in [1.29, 1.82) is 0 Å². The second-order valence-electron chi connectivity index (χ2n) is 4.41. The van der Waals surface area contributed by atoms with Crippen LogP contribution >= 0.6 is 11.6 Å². The van der Waals surface area contributed by atoms with Crippen LogP contribution in [0, 0.1) is 0 Å². The number of fused-ring (bicyclic) bond motifs is 1. The van der Waals surface area contributed by atoms with Gasteiger partial charge in [0.15, 0.2) is 0 Å². The molecule has 7 heteroatoms. The SMILES string of the molecule is Nc1c(N)n(Cc2ccc(Cl)cc2)c2nccn2c1=O. The average Bonchev–Trinajstić information content (AvgIpc) is 2.92. The highest BCUT2D eigenvalue weighted by Crippen LogP contribution is 2.17. The Balaban J connectivity index is 2.18. The lowest BCUT2D eigenvalue weighted by Gasteiger charge is -2.13. The minimum atomic E-state index is -0.359. The molecule has 3 aromatic rings. The van der Waals surface area contributed by atoms with Crippen molar-refractivity contribution in [3.05, 3.63) is 57.6 Å². The minimum absolute atomic E-state index is 0.0180. The van der Waals surface area contributed by atoms with Crippen LogP contribution in [0.15, 0.2) is 41.5 Å². The third kappa shape index (κ3) is 1.90.